The summed E-state index contributed by atoms with van der Waals surface area (Å²) in [5.41, 5.74) is 0.544. The molecule has 0 fully saturated rings. The fourth-order valence-corrected chi connectivity index (χ4v) is 3.07. The average Bonchev–Trinajstić information content (AvgIpc) is 2.69. The van der Waals surface area contributed by atoms with Crippen LogP contribution in [0.25, 0.3) is 0 Å². The lowest BCUT2D eigenvalue weighted by Crippen LogP contribution is -2.11. The molecule has 4 nitrogen and oxygen atoms in total. The Morgan fingerprint density at radius 3 is 2.25 bits per heavy atom. The van der Waals surface area contributed by atoms with Crippen LogP contribution in [0.1, 0.15) is 66.2 Å². The Balaban J connectivity index is 1.88. The number of rotatable bonds is 10. The third kappa shape index (κ3) is 7.17. The largest absolute Gasteiger partial charge is 0.462 e. The van der Waals surface area contributed by atoms with Crippen LogP contribution in [0.2, 0.25) is 10.0 Å². The van der Waals surface area contributed by atoms with Gasteiger partial charge in [-0.1, -0.05) is 68.3 Å². The van der Waals surface area contributed by atoms with E-state index in [4.69, 9.17) is 32.7 Å². The Bertz CT molecular complexity index is 805. The first-order valence-corrected chi connectivity index (χ1v) is 10.2. The number of hydrogen-bond acceptors (Lipinski definition) is 4. The quantitative estimate of drug-likeness (QED) is 0.242. The van der Waals surface area contributed by atoms with Crippen LogP contribution in [0.4, 0.5) is 0 Å². The summed E-state index contributed by atoms with van der Waals surface area (Å²) >= 11 is 11.9. The molecule has 0 atom stereocenters. The molecule has 0 radical (unpaired) electrons. The summed E-state index contributed by atoms with van der Waals surface area (Å²) < 4.78 is 10.6. The number of hydrogen-bond donors (Lipinski definition) is 0. The number of carbonyl (C=O) groups excluding carboxylic acids is 2. The zero-order chi connectivity index (χ0) is 20.4. The molecular weight excluding hydrogens is 399 g/mol. The van der Waals surface area contributed by atoms with Crippen LogP contribution in [0.15, 0.2) is 42.5 Å². The molecule has 0 aromatic heterocycles. The smallest absolute Gasteiger partial charge is 0.343 e. The van der Waals surface area contributed by atoms with Crippen LogP contribution in [0.3, 0.4) is 0 Å². The van der Waals surface area contributed by atoms with Crippen molar-refractivity contribution in [1.29, 1.82) is 0 Å². The molecule has 2 rings (SSSR count). The first-order chi connectivity index (χ1) is 13.5. The monoisotopic (exact) mass is 422 g/mol. The maximum atomic E-state index is 12.3. The zero-order valence-corrected chi connectivity index (χ0v) is 17.4. The third-order valence-electron chi connectivity index (χ3n) is 4.16. The Labute approximate surface area is 175 Å². The molecule has 0 unspecified atom stereocenters. The van der Waals surface area contributed by atoms with Gasteiger partial charge in [-0.25, -0.2) is 9.59 Å². The Morgan fingerprint density at radius 2 is 1.54 bits per heavy atom. The molecule has 0 heterocycles. The van der Waals surface area contributed by atoms with Crippen LogP contribution < -0.4 is 4.74 Å². The molecule has 2 aromatic carbocycles. The first-order valence-electron chi connectivity index (χ1n) is 9.45. The topological polar surface area (TPSA) is 52.6 Å². The van der Waals surface area contributed by atoms with Crippen molar-refractivity contribution in [1.82, 2.24) is 0 Å². The summed E-state index contributed by atoms with van der Waals surface area (Å²) in [6.45, 7) is 2.55. The highest BCUT2D eigenvalue weighted by Crippen LogP contribution is 2.28. The van der Waals surface area contributed by atoms with E-state index in [-0.39, 0.29) is 16.3 Å². The molecule has 0 saturated carbocycles. The molecule has 150 valence electrons. The highest BCUT2D eigenvalue weighted by Gasteiger charge is 2.15. The molecule has 6 heteroatoms. The van der Waals surface area contributed by atoms with Gasteiger partial charge in [0.15, 0.2) is 0 Å². The normalized spacial score (nSPS) is 10.5. The summed E-state index contributed by atoms with van der Waals surface area (Å²) in [7, 11) is 0. The van der Waals surface area contributed by atoms with E-state index in [2.05, 4.69) is 6.92 Å². The molecule has 2 aromatic rings. The molecule has 28 heavy (non-hydrogen) atoms. The lowest BCUT2D eigenvalue weighted by atomic mass is 10.1. The Kier molecular flexibility index (Phi) is 9.32. The second-order valence-electron chi connectivity index (χ2n) is 6.45. The zero-order valence-electron chi connectivity index (χ0n) is 15.9. The van der Waals surface area contributed by atoms with E-state index in [0.717, 1.165) is 19.3 Å². The lowest BCUT2D eigenvalue weighted by molar-refractivity contribution is 0.0497. The van der Waals surface area contributed by atoms with Crippen LogP contribution in [0, 0.1) is 0 Å². The number of unbranched alkanes of at least 4 members (excludes halogenated alkanes) is 5. The van der Waals surface area contributed by atoms with Crippen molar-refractivity contribution in [2.45, 2.75) is 45.4 Å². The minimum atomic E-state index is -0.616. The van der Waals surface area contributed by atoms with Crippen molar-refractivity contribution in [2.24, 2.45) is 0 Å². The Hall–Kier alpha value is -2.04. The van der Waals surface area contributed by atoms with Crippen molar-refractivity contribution in [3.63, 3.8) is 0 Å². The second kappa shape index (κ2) is 11.7. The summed E-state index contributed by atoms with van der Waals surface area (Å²) in [5.74, 6) is -0.866. The summed E-state index contributed by atoms with van der Waals surface area (Å²) in [6.07, 6.45) is 6.70. The van der Waals surface area contributed by atoms with Crippen molar-refractivity contribution in [3.05, 3.63) is 63.6 Å². The molecular formula is C22H24Cl2O4. The van der Waals surface area contributed by atoms with Gasteiger partial charge < -0.3 is 9.47 Å². The number of ether oxygens (including phenoxy) is 2. The molecule has 0 bridgehead atoms. The summed E-state index contributed by atoms with van der Waals surface area (Å²) in [6, 6.07) is 10.8. The highest BCUT2D eigenvalue weighted by molar-refractivity contribution is 6.35. The first kappa shape index (κ1) is 22.3. The van der Waals surface area contributed by atoms with E-state index in [1.165, 1.54) is 37.5 Å². The Morgan fingerprint density at radius 1 is 0.857 bits per heavy atom. The fourth-order valence-electron chi connectivity index (χ4n) is 2.62. The molecule has 0 aliphatic carbocycles. The van der Waals surface area contributed by atoms with E-state index in [0.29, 0.717) is 17.2 Å². The van der Waals surface area contributed by atoms with Gasteiger partial charge in [-0.05, 0) is 42.8 Å². The third-order valence-corrected chi connectivity index (χ3v) is 4.69. The predicted octanol–water partition coefficient (Wildman–Crippen LogP) is 6.73. The van der Waals surface area contributed by atoms with Gasteiger partial charge in [0.2, 0.25) is 0 Å². The van der Waals surface area contributed by atoms with Crippen LogP contribution >= 0.6 is 23.2 Å². The van der Waals surface area contributed by atoms with Gasteiger partial charge >= 0.3 is 11.9 Å². The van der Waals surface area contributed by atoms with E-state index >= 15 is 0 Å². The average molecular weight is 423 g/mol. The van der Waals surface area contributed by atoms with Gasteiger partial charge in [-0.2, -0.15) is 0 Å². The summed E-state index contributed by atoms with van der Waals surface area (Å²) in [5, 5.41) is 0.676. The van der Waals surface area contributed by atoms with Crippen LogP contribution in [-0.4, -0.2) is 18.5 Å². The van der Waals surface area contributed by atoms with E-state index in [1.807, 2.05) is 0 Å². The number of carbonyl (C=O) groups is 2. The van der Waals surface area contributed by atoms with Crippen LogP contribution in [-0.2, 0) is 4.74 Å². The minimum absolute atomic E-state index is 0.201. The molecule has 0 aliphatic heterocycles. The van der Waals surface area contributed by atoms with E-state index < -0.39 is 11.9 Å². The SMILES string of the molecule is CCCCCCCCOC(=O)c1cccc(C(=O)Oc2ccc(Cl)cc2Cl)c1. The van der Waals surface area contributed by atoms with Gasteiger partial charge in [0.25, 0.3) is 0 Å². The maximum Gasteiger partial charge on any atom is 0.343 e. The van der Waals surface area contributed by atoms with Crippen LogP contribution in [0.5, 0.6) is 5.75 Å². The number of halogens is 2. The highest BCUT2D eigenvalue weighted by atomic mass is 35.5. The standard InChI is InChI=1S/C22H24Cl2O4/c1-2-3-4-5-6-7-13-27-21(25)16-9-8-10-17(14-16)22(26)28-20-12-11-18(23)15-19(20)24/h8-12,14-15H,2-7,13H2,1H3. The van der Waals surface area contributed by atoms with E-state index in [9.17, 15) is 9.59 Å². The molecule has 0 spiro atoms. The van der Waals surface area contributed by atoms with Gasteiger partial charge in [0, 0.05) is 5.02 Å². The van der Waals surface area contributed by atoms with E-state index in [1.54, 1.807) is 24.3 Å². The van der Waals surface area contributed by atoms with Gasteiger partial charge in [0.05, 0.1) is 22.8 Å². The maximum absolute atomic E-state index is 12.3. The molecule has 0 aliphatic rings. The molecule has 0 amide bonds. The van der Waals surface area contributed by atoms with Gasteiger partial charge in [-0.3, -0.25) is 0 Å². The minimum Gasteiger partial charge on any atom is -0.462 e. The second-order valence-corrected chi connectivity index (χ2v) is 7.29. The summed E-state index contributed by atoms with van der Waals surface area (Å²) in [4.78, 5) is 24.5. The lowest BCUT2D eigenvalue weighted by Gasteiger charge is -2.08. The number of benzene rings is 2. The van der Waals surface area contributed by atoms with Crippen molar-refractivity contribution in [3.8, 4) is 5.75 Å². The van der Waals surface area contributed by atoms with Crippen molar-refractivity contribution in [2.75, 3.05) is 6.61 Å². The van der Waals surface area contributed by atoms with Gasteiger partial charge in [0.1, 0.15) is 5.75 Å². The van der Waals surface area contributed by atoms with Crippen molar-refractivity contribution < 1.29 is 19.1 Å². The number of esters is 2. The molecule has 0 N–H and O–H groups in total. The predicted molar refractivity (Wildman–Crippen MR) is 112 cm³/mol. The fraction of sp³-hybridized carbons (Fsp3) is 0.364. The van der Waals surface area contributed by atoms with Gasteiger partial charge in [-0.15, -0.1) is 0 Å². The molecule has 0 saturated heterocycles. The van der Waals surface area contributed by atoms with Crippen molar-refractivity contribution >= 4 is 35.1 Å².